The molecule has 0 aromatic carbocycles. The fraction of sp³-hybridized carbons (Fsp3) is 1.00. The summed E-state index contributed by atoms with van der Waals surface area (Å²) < 4.78 is 0. The van der Waals surface area contributed by atoms with Crippen LogP contribution in [-0.2, 0) is 0 Å². The van der Waals surface area contributed by atoms with Crippen molar-refractivity contribution in [3.8, 4) is 0 Å². The van der Waals surface area contributed by atoms with Gasteiger partial charge in [-0.15, -0.1) is 7.92 Å². The summed E-state index contributed by atoms with van der Waals surface area (Å²) in [6.45, 7) is 16.8. The molecule has 0 aliphatic carbocycles. The average molecular weight is 216 g/mol. The Balaban J connectivity index is 4.68. The Morgan fingerprint density at radius 2 is 1.43 bits per heavy atom. The zero-order chi connectivity index (χ0) is 11.4. The lowest BCUT2D eigenvalue weighted by Gasteiger charge is -2.42. The van der Waals surface area contributed by atoms with E-state index >= 15 is 0 Å². The molecule has 0 fully saturated rings. The molecule has 0 rings (SSSR count). The molecule has 0 saturated heterocycles. The van der Waals surface area contributed by atoms with Crippen LogP contribution in [0.25, 0.3) is 0 Å². The van der Waals surface area contributed by atoms with Crippen LogP contribution in [0.4, 0.5) is 0 Å². The van der Waals surface area contributed by atoms with Crippen LogP contribution in [0.3, 0.4) is 0 Å². The molecule has 0 nitrogen and oxygen atoms in total. The maximum absolute atomic E-state index is 2.52. The quantitative estimate of drug-likeness (QED) is 0.550. The van der Waals surface area contributed by atoms with Gasteiger partial charge >= 0.3 is 0 Å². The lowest BCUT2D eigenvalue weighted by molar-refractivity contribution is 0.376. The van der Waals surface area contributed by atoms with Gasteiger partial charge < -0.3 is 0 Å². The van der Waals surface area contributed by atoms with Crippen LogP contribution in [0.2, 0.25) is 0 Å². The number of rotatable bonds is 6. The van der Waals surface area contributed by atoms with Crippen molar-refractivity contribution in [1.29, 1.82) is 0 Å². The molecular weight excluding hydrogens is 187 g/mol. The van der Waals surface area contributed by atoms with Crippen molar-refractivity contribution >= 4 is 7.92 Å². The van der Waals surface area contributed by atoms with E-state index in [0.29, 0.717) is 5.16 Å². The minimum atomic E-state index is 0.226. The Bertz CT molecular complexity index is 147. The van der Waals surface area contributed by atoms with E-state index in [-0.39, 0.29) is 7.92 Å². The van der Waals surface area contributed by atoms with E-state index in [1.165, 1.54) is 18.7 Å². The molecule has 0 N–H and O–H groups in total. The zero-order valence-electron chi connectivity index (χ0n) is 11.2. The largest absolute Gasteiger partial charge is 0.101 e. The summed E-state index contributed by atoms with van der Waals surface area (Å²) >= 11 is 0. The third-order valence-corrected chi connectivity index (χ3v) is 7.22. The first-order chi connectivity index (χ1) is 6.38. The van der Waals surface area contributed by atoms with Crippen molar-refractivity contribution in [2.45, 2.75) is 60.0 Å². The maximum Gasteiger partial charge on any atom is -0.00975 e. The third kappa shape index (κ3) is 3.54. The Labute approximate surface area is 92.6 Å². The molecule has 0 amide bonds. The fourth-order valence-corrected chi connectivity index (χ4v) is 5.75. The summed E-state index contributed by atoms with van der Waals surface area (Å²) in [5.41, 5.74) is 0. The smallest absolute Gasteiger partial charge is 0.00975 e. The molecule has 1 unspecified atom stereocenters. The van der Waals surface area contributed by atoms with Gasteiger partial charge in [0, 0.05) is 0 Å². The van der Waals surface area contributed by atoms with Gasteiger partial charge in [-0.05, 0) is 35.7 Å². The molecule has 0 aliphatic heterocycles. The number of hydrogen-bond donors (Lipinski definition) is 0. The van der Waals surface area contributed by atoms with Crippen molar-refractivity contribution in [3.63, 3.8) is 0 Å². The molecule has 86 valence electrons. The highest BCUT2D eigenvalue weighted by atomic mass is 31.1. The van der Waals surface area contributed by atoms with Crippen LogP contribution >= 0.6 is 7.92 Å². The van der Waals surface area contributed by atoms with Crippen LogP contribution in [0, 0.1) is 11.8 Å². The molecule has 1 atom stereocenters. The summed E-state index contributed by atoms with van der Waals surface area (Å²) in [7, 11) is 0.226. The van der Waals surface area contributed by atoms with E-state index in [1.54, 1.807) is 0 Å². The van der Waals surface area contributed by atoms with Crippen LogP contribution in [0.1, 0.15) is 54.9 Å². The van der Waals surface area contributed by atoms with Gasteiger partial charge in [-0.25, -0.2) is 0 Å². The highest BCUT2D eigenvalue weighted by Crippen LogP contribution is 2.55. The molecule has 0 aliphatic rings. The second-order valence-corrected chi connectivity index (χ2v) is 8.65. The Hall–Kier alpha value is 0.430. The van der Waals surface area contributed by atoms with Gasteiger partial charge in [0.05, 0.1) is 0 Å². The molecule has 0 bridgehead atoms. The summed E-state index contributed by atoms with van der Waals surface area (Å²) in [6, 6.07) is 0. The molecule has 0 saturated carbocycles. The van der Waals surface area contributed by atoms with Gasteiger partial charge in [0.15, 0.2) is 0 Å². The topological polar surface area (TPSA) is 0 Å². The second-order valence-electron chi connectivity index (χ2n) is 5.28. The highest BCUT2D eigenvalue weighted by molar-refractivity contribution is 7.59. The Morgan fingerprint density at radius 1 is 1.00 bits per heavy atom. The molecule has 14 heavy (non-hydrogen) atoms. The van der Waals surface area contributed by atoms with E-state index in [2.05, 4.69) is 48.5 Å². The summed E-state index contributed by atoms with van der Waals surface area (Å²) in [6.07, 6.45) is 4.19. The molecule has 0 aromatic heterocycles. The van der Waals surface area contributed by atoms with Crippen molar-refractivity contribution in [2.24, 2.45) is 11.8 Å². The molecule has 0 aromatic rings. The van der Waals surface area contributed by atoms with Crippen LogP contribution in [0.15, 0.2) is 0 Å². The highest BCUT2D eigenvalue weighted by Gasteiger charge is 2.35. The maximum atomic E-state index is 2.52. The van der Waals surface area contributed by atoms with Gasteiger partial charge in [-0.3, -0.25) is 0 Å². The second kappa shape index (κ2) is 6.11. The third-order valence-electron chi connectivity index (χ3n) is 3.55. The molecular formula is C13H29P. The molecule has 0 spiro atoms. The zero-order valence-corrected chi connectivity index (χ0v) is 12.1. The summed E-state index contributed by atoms with van der Waals surface area (Å²) in [4.78, 5) is 0. The Morgan fingerprint density at radius 3 is 1.64 bits per heavy atom. The minimum absolute atomic E-state index is 0.226. The van der Waals surface area contributed by atoms with Crippen molar-refractivity contribution in [3.05, 3.63) is 0 Å². The summed E-state index contributed by atoms with van der Waals surface area (Å²) in [5.74, 6) is 1.67. The Kier molecular flexibility index (Phi) is 6.30. The van der Waals surface area contributed by atoms with E-state index in [9.17, 15) is 0 Å². The van der Waals surface area contributed by atoms with E-state index in [1.807, 2.05) is 0 Å². The van der Waals surface area contributed by atoms with E-state index in [0.717, 1.165) is 11.8 Å². The van der Waals surface area contributed by atoms with Gasteiger partial charge in [-0.2, -0.15) is 0 Å². The van der Waals surface area contributed by atoms with Gasteiger partial charge in [0.25, 0.3) is 0 Å². The van der Waals surface area contributed by atoms with Crippen LogP contribution < -0.4 is 0 Å². The monoisotopic (exact) mass is 216 g/mol. The van der Waals surface area contributed by atoms with Crippen LogP contribution in [-0.4, -0.2) is 17.5 Å². The summed E-state index contributed by atoms with van der Waals surface area (Å²) in [5, 5.41) is 0.604. The molecule has 1 heteroatoms. The normalized spacial score (nSPS) is 16.7. The first-order valence-corrected chi connectivity index (χ1v) is 7.84. The average Bonchev–Trinajstić information content (AvgIpc) is 2.04. The predicted octanol–water partition coefficient (Wildman–Crippen LogP) is 4.97. The van der Waals surface area contributed by atoms with Crippen molar-refractivity contribution in [2.75, 3.05) is 12.3 Å². The SMILES string of the molecule is CCP(CC)C(C)(CC(C)C)C(C)C. The van der Waals surface area contributed by atoms with Crippen LogP contribution in [0.5, 0.6) is 0 Å². The number of hydrogen-bond acceptors (Lipinski definition) is 0. The fourth-order valence-electron chi connectivity index (χ4n) is 2.50. The van der Waals surface area contributed by atoms with Gasteiger partial charge in [-0.1, -0.05) is 48.5 Å². The van der Waals surface area contributed by atoms with Crippen molar-refractivity contribution < 1.29 is 0 Å². The van der Waals surface area contributed by atoms with Gasteiger partial charge in [0.1, 0.15) is 0 Å². The van der Waals surface area contributed by atoms with Gasteiger partial charge in [0.2, 0.25) is 0 Å². The standard InChI is InChI=1S/C13H29P/c1-8-14(9-2)13(7,12(5)6)10-11(3)4/h11-12H,8-10H2,1-7H3. The minimum Gasteiger partial charge on any atom is -0.101 e. The van der Waals surface area contributed by atoms with E-state index in [4.69, 9.17) is 0 Å². The molecule has 0 heterocycles. The predicted molar refractivity (Wildman–Crippen MR) is 70.7 cm³/mol. The first-order valence-electron chi connectivity index (χ1n) is 6.13. The molecule has 0 radical (unpaired) electrons. The lowest BCUT2D eigenvalue weighted by atomic mass is 9.88. The van der Waals surface area contributed by atoms with E-state index < -0.39 is 0 Å². The first kappa shape index (κ1) is 14.4. The van der Waals surface area contributed by atoms with Crippen molar-refractivity contribution in [1.82, 2.24) is 0 Å². The lowest BCUT2D eigenvalue weighted by Crippen LogP contribution is -2.32.